The number of rotatable bonds is 4. The van der Waals surface area contributed by atoms with Crippen LogP contribution < -0.4 is 10.6 Å². The Bertz CT molecular complexity index is 372. The van der Waals surface area contributed by atoms with E-state index in [9.17, 15) is 0 Å². The molecule has 2 N–H and O–H groups in total. The fourth-order valence-corrected chi connectivity index (χ4v) is 1.58. The normalized spacial score (nSPS) is 9.73. The maximum Gasteiger partial charge on any atom is 0.148 e. The van der Waals surface area contributed by atoms with E-state index in [0.29, 0.717) is 29.5 Å². The van der Waals surface area contributed by atoms with E-state index in [0.717, 1.165) is 6.54 Å². The molecule has 5 heteroatoms. The number of nitriles is 1. The summed E-state index contributed by atoms with van der Waals surface area (Å²) in [6.45, 7) is 3.96. The van der Waals surface area contributed by atoms with Crippen LogP contribution in [0.15, 0.2) is 12.3 Å². The third-order valence-electron chi connectivity index (χ3n) is 2.07. The summed E-state index contributed by atoms with van der Waals surface area (Å²) in [7, 11) is 0. The zero-order valence-corrected chi connectivity index (χ0v) is 9.33. The summed E-state index contributed by atoms with van der Waals surface area (Å²) in [6, 6.07) is 3.63. The molecule has 1 aromatic rings. The van der Waals surface area contributed by atoms with Gasteiger partial charge in [-0.3, -0.25) is 0 Å². The van der Waals surface area contributed by atoms with Gasteiger partial charge in [0.15, 0.2) is 0 Å². The molecule has 1 heterocycles. The highest BCUT2D eigenvalue weighted by Gasteiger charge is 2.12. The predicted octanol–water partition coefficient (Wildman–Crippen LogP) is 1.39. The van der Waals surface area contributed by atoms with Crippen LogP contribution in [0.2, 0.25) is 5.02 Å². The maximum atomic E-state index is 8.82. The molecule has 0 saturated carbocycles. The van der Waals surface area contributed by atoms with Crippen molar-refractivity contribution in [1.82, 2.24) is 4.98 Å². The standard InChI is InChI=1S/C10H13ClN4/c1-2-15(6-4-12)10-9(11)8(7-13)3-5-14-10/h3,5H,2,4,6,12H2,1H3. The first kappa shape index (κ1) is 11.8. The van der Waals surface area contributed by atoms with E-state index in [2.05, 4.69) is 4.98 Å². The minimum absolute atomic E-state index is 0.398. The molecule has 0 spiro atoms. The Balaban J connectivity index is 3.08. The van der Waals surface area contributed by atoms with Crippen LogP contribution in [-0.2, 0) is 0 Å². The van der Waals surface area contributed by atoms with Gasteiger partial charge in [-0.1, -0.05) is 11.6 Å². The van der Waals surface area contributed by atoms with Crippen molar-refractivity contribution in [2.45, 2.75) is 6.92 Å². The first-order valence-electron chi connectivity index (χ1n) is 4.74. The SMILES string of the molecule is CCN(CCN)c1nccc(C#N)c1Cl. The quantitative estimate of drug-likeness (QED) is 0.840. The smallest absolute Gasteiger partial charge is 0.148 e. The van der Waals surface area contributed by atoms with Gasteiger partial charge in [-0.05, 0) is 13.0 Å². The third-order valence-corrected chi connectivity index (χ3v) is 2.44. The number of nitrogens with zero attached hydrogens (tertiary/aromatic N) is 3. The summed E-state index contributed by atoms with van der Waals surface area (Å²) in [5.41, 5.74) is 5.93. The second kappa shape index (κ2) is 5.54. The molecule has 0 bridgehead atoms. The largest absolute Gasteiger partial charge is 0.354 e. The van der Waals surface area contributed by atoms with Crippen molar-refractivity contribution >= 4 is 17.4 Å². The maximum absolute atomic E-state index is 8.82. The third kappa shape index (κ3) is 2.58. The minimum atomic E-state index is 0.398. The van der Waals surface area contributed by atoms with Gasteiger partial charge in [0.2, 0.25) is 0 Å². The summed E-state index contributed by atoms with van der Waals surface area (Å²) in [5, 5.41) is 9.22. The van der Waals surface area contributed by atoms with E-state index < -0.39 is 0 Å². The molecule has 0 aliphatic carbocycles. The van der Waals surface area contributed by atoms with Crippen molar-refractivity contribution in [3.8, 4) is 6.07 Å². The Morgan fingerprint density at radius 1 is 1.67 bits per heavy atom. The van der Waals surface area contributed by atoms with E-state index in [4.69, 9.17) is 22.6 Å². The van der Waals surface area contributed by atoms with Crippen molar-refractivity contribution in [1.29, 1.82) is 5.26 Å². The van der Waals surface area contributed by atoms with Gasteiger partial charge in [-0.15, -0.1) is 0 Å². The molecular formula is C10H13ClN4. The second-order valence-corrected chi connectivity index (χ2v) is 3.35. The number of nitrogens with two attached hydrogens (primary N) is 1. The van der Waals surface area contributed by atoms with Gasteiger partial charge in [-0.25, -0.2) is 4.98 Å². The van der Waals surface area contributed by atoms with Gasteiger partial charge in [0, 0.05) is 25.8 Å². The summed E-state index contributed by atoms with van der Waals surface area (Å²) in [5.74, 6) is 0.628. The molecule has 0 atom stereocenters. The molecule has 0 aliphatic rings. The fourth-order valence-electron chi connectivity index (χ4n) is 1.31. The molecule has 80 valence electrons. The molecule has 0 unspecified atom stereocenters. The Morgan fingerprint density at radius 3 is 2.93 bits per heavy atom. The molecule has 0 aliphatic heterocycles. The van der Waals surface area contributed by atoms with Crippen LogP contribution in [0.3, 0.4) is 0 Å². The lowest BCUT2D eigenvalue weighted by Gasteiger charge is -2.22. The van der Waals surface area contributed by atoms with Crippen molar-refractivity contribution in [2.75, 3.05) is 24.5 Å². The highest BCUT2D eigenvalue weighted by Crippen LogP contribution is 2.25. The van der Waals surface area contributed by atoms with Crippen molar-refractivity contribution < 1.29 is 0 Å². The molecule has 1 rings (SSSR count). The monoisotopic (exact) mass is 224 g/mol. The van der Waals surface area contributed by atoms with E-state index >= 15 is 0 Å². The lowest BCUT2D eigenvalue weighted by Crippen LogP contribution is -2.30. The number of hydrogen-bond donors (Lipinski definition) is 1. The number of likely N-dealkylation sites (N-methyl/N-ethyl adjacent to an activating group) is 1. The van der Waals surface area contributed by atoms with E-state index in [-0.39, 0.29) is 0 Å². The summed E-state index contributed by atoms with van der Waals surface area (Å²) in [4.78, 5) is 6.11. The number of pyridine rings is 1. The van der Waals surface area contributed by atoms with Crippen LogP contribution in [0.25, 0.3) is 0 Å². The molecule has 4 nitrogen and oxygen atoms in total. The highest BCUT2D eigenvalue weighted by molar-refractivity contribution is 6.34. The van der Waals surface area contributed by atoms with E-state index in [1.807, 2.05) is 17.9 Å². The molecule has 0 saturated heterocycles. The highest BCUT2D eigenvalue weighted by atomic mass is 35.5. The topological polar surface area (TPSA) is 65.9 Å². The number of hydrogen-bond acceptors (Lipinski definition) is 4. The summed E-state index contributed by atoms with van der Waals surface area (Å²) < 4.78 is 0. The van der Waals surface area contributed by atoms with Gasteiger partial charge < -0.3 is 10.6 Å². The average Bonchev–Trinajstić information content (AvgIpc) is 2.27. The second-order valence-electron chi connectivity index (χ2n) is 2.98. The summed E-state index contributed by atoms with van der Waals surface area (Å²) in [6.07, 6.45) is 1.58. The van der Waals surface area contributed by atoms with Gasteiger partial charge >= 0.3 is 0 Å². The Morgan fingerprint density at radius 2 is 2.40 bits per heavy atom. The zero-order valence-electron chi connectivity index (χ0n) is 8.57. The number of halogens is 1. The fraction of sp³-hybridized carbons (Fsp3) is 0.400. The van der Waals surface area contributed by atoms with Crippen LogP contribution in [0.4, 0.5) is 5.82 Å². The van der Waals surface area contributed by atoms with Crippen molar-refractivity contribution in [2.24, 2.45) is 5.73 Å². The minimum Gasteiger partial charge on any atom is -0.354 e. The Kier molecular flexibility index (Phi) is 4.35. The zero-order chi connectivity index (χ0) is 11.3. The van der Waals surface area contributed by atoms with Gasteiger partial charge in [0.05, 0.1) is 5.56 Å². The van der Waals surface area contributed by atoms with Crippen LogP contribution in [-0.4, -0.2) is 24.6 Å². The molecule has 0 aromatic carbocycles. The Labute approximate surface area is 94.3 Å². The van der Waals surface area contributed by atoms with Crippen LogP contribution >= 0.6 is 11.6 Å². The molecule has 0 amide bonds. The van der Waals surface area contributed by atoms with Gasteiger partial charge in [-0.2, -0.15) is 5.26 Å². The lowest BCUT2D eigenvalue weighted by atomic mass is 10.2. The van der Waals surface area contributed by atoms with Crippen molar-refractivity contribution in [3.05, 3.63) is 22.8 Å². The van der Waals surface area contributed by atoms with Gasteiger partial charge in [0.25, 0.3) is 0 Å². The molecule has 15 heavy (non-hydrogen) atoms. The number of anilines is 1. The van der Waals surface area contributed by atoms with Crippen LogP contribution in [0, 0.1) is 11.3 Å². The lowest BCUT2D eigenvalue weighted by molar-refractivity contribution is 0.802. The molecule has 0 fully saturated rings. The predicted molar refractivity (Wildman–Crippen MR) is 60.9 cm³/mol. The van der Waals surface area contributed by atoms with E-state index in [1.165, 1.54) is 0 Å². The summed E-state index contributed by atoms with van der Waals surface area (Å²) >= 11 is 6.05. The molecule has 1 aromatic heterocycles. The van der Waals surface area contributed by atoms with E-state index in [1.54, 1.807) is 12.3 Å². The van der Waals surface area contributed by atoms with Crippen molar-refractivity contribution in [3.63, 3.8) is 0 Å². The van der Waals surface area contributed by atoms with Gasteiger partial charge in [0.1, 0.15) is 16.9 Å². The van der Waals surface area contributed by atoms with Crippen LogP contribution in [0.5, 0.6) is 0 Å². The number of aromatic nitrogens is 1. The molecule has 0 radical (unpaired) electrons. The first-order chi connectivity index (χ1) is 7.24. The first-order valence-corrected chi connectivity index (χ1v) is 5.12. The Hall–Kier alpha value is -1.31. The molecular weight excluding hydrogens is 212 g/mol. The average molecular weight is 225 g/mol. The van der Waals surface area contributed by atoms with Crippen LogP contribution in [0.1, 0.15) is 12.5 Å².